The highest BCUT2D eigenvalue weighted by Gasteiger charge is 2.25. The molecule has 0 bridgehead atoms. The maximum Gasteiger partial charge on any atom is 0.255 e. The molecule has 0 aliphatic carbocycles. The number of piperidine rings is 1. The van der Waals surface area contributed by atoms with Gasteiger partial charge in [0, 0.05) is 44.9 Å². The van der Waals surface area contributed by atoms with Crippen LogP contribution in [0.15, 0.2) is 48.8 Å². The van der Waals surface area contributed by atoms with Crippen LogP contribution >= 0.6 is 11.8 Å². The van der Waals surface area contributed by atoms with E-state index in [0.29, 0.717) is 36.5 Å². The molecule has 1 aliphatic rings. The molecule has 7 heteroatoms. The van der Waals surface area contributed by atoms with Crippen molar-refractivity contribution < 1.29 is 14.3 Å². The molecule has 29 heavy (non-hydrogen) atoms. The van der Waals surface area contributed by atoms with Gasteiger partial charge in [0.05, 0.1) is 11.1 Å². The van der Waals surface area contributed by atoms with Crippen LogP contribution in [0.1, 0.15) is 40.0 Å². The fourth-order valence-corrected chi connectivity index (χ4v) is 3.73. The van der Waals surface area contributed by atoms with E-state index >= 15 is 0 Å². The van der Waals surface area contributed by atoms with Gasteiger partial charge in [-0.1, -0.05) is 12.1 Å². The minimum absolute atomic E-state index is 0.00145. The van der Waals surface area contributed by atoms with Gasteiger partial charge in [0.15, 0.2) is 0 Å². The molecule has 2 heterocycles. The maximum atomic E-state index is 12.5. The lowest BCUT2D eigenvalue weighted by Crippen LogP contribution is -2.42. The summed E-state index contributed by atoms with van der Waals surface area (Å²) in [5.74, 6) is 1.52. The van der Waals surface area contributed by atoms with Gasteiger partial charge in [0.1, 0.15) is 11.9 Å². The summed E-state index contributed by atoms with van der Waals surface area (Å²) in [6, 6.07) is 10.9. The lowest BCUT2D eigenvalue weighted by atomic mass is 10.1. The summed E-state index contributed by atoms with van der Waals surface area (Å²) < 4.78 is 6.15. The number of ether oxygens (including phenoxy) is 1. The summed E-state index contributed by atoms with van der Waals surface area (Å²) >= 11 is 1.77. The number of carbonyl (C=O) groups is 2. The molecule has 6 nitrogen and oxygen atoms in total. The van der Waals surface area contributed by atoms with Crippen molar-refractivity contribution in [1.82, 2.24) is 15.2 Å². The Hall–Kier alpha value is -2.54. The number of rotatable bonds is 8. The standard InChI is InChI=1S/C22H27N3O3S/c1-29-15-5-12-24-21(26)19-7-2-3-8-20(19)28-18-9-13-25(14-10-18)22(27)17-6-4-11-23-16-17/h2-4,6-8,11,16,18H,5,9-10,12-15H2,1H3,(H,24,26). The number of nitrogens with zero attached hydrogens (tertiary/aromatic N) is 2. The number of likely N-dealkylation sites (tertiary alicyclic amines) is 1. The van der Waals surface area contributed by atoms with Crippen LogP contribution in [0.25, 0.3) is 0 Å². The van der Waals surface area contributed by atoms with Crippen LogP contribution < -0.4 is 10.1 Å². The van der Waals surface area contributed by atoms with Gasteiger partial charge in [-0.05, 0) is 42.7 Å². The number of thioether (sulfide) groups is 1. The van der Waals surface area contributed by atoms with Gasteiger partial charge in [0.2, 0.25) is 0 Å². The molecule has 2 amide bonds. The monoisotopic (exact) mass is 413 g/mol. The first kappa shape index (κ1) is 21.2. The van der Waals surface area contributed by atoms with Crippen molar-refractivity contribution in [3.05, 3.63) is 59.9 Å². The van der Waals surface area contributed by atoms with E-state index in [-0.39, 0.29) is 17.9 Å². The predicted octanol–water partition coefficient (Wildman–Crippen LogP) is 3.25. The zero-order valence-corrected chi connectivity index (χ0v) is 17.5. The molecule has 1 aromatic heterocycles. The lowest BCUT2D eigenvalue weighted by molar-refractivity contribution is 0.0593. The second-order valence-corrected chi connectivity index (χ2v) is 7.94. The van der Waals surface area contributed by atoms with E-state index in [4.69, 9.17) is 4.74 Å². The quantitative estimate of drug-likeness (QED) is 0.673. The fraction of sp³-hybridized carbons (Fsp3) is 0.409. The first-order chi connectivity index (χ1) is 14.2. The Morgan fingerprint density at radius 1 is 1.21 bits per heavy atom. The molecule has 1 aliphatic heterocycles. The zero-order valence-electron chi connectivity index (χ0n) is 16.7. The third-order valence-corrected chi connectivity index (χ3v) is 5.57. The molecule has 2 aromatic rings. The number of aromatic nitrogens is 1. The Kier molecular flexibility index (Phi) is 7.93. The molecule has 1 fully saturated rings. The predicted molar refractivity (Wildman–Crippen MR) is 116 cm³/mol. The molecule has 1 saturated heterocycles. The molecule has 3 rings (SSSR count). The van der Waals surface area contributed by atoms with Crippen molar-refractivity contribution >= 4 is 23.6 Å². The van der Waals surface area contributed by atoms with Crippen molar-refractivity contribution in [3.63, 3.8) is 0 Å². The smallest absolute Gasteiger partial charge is 0.255 e. The minimum atomic E-state index is -0.106. The number of amides is 2. The van der Waals surface area contributed by atoms with Crippen molar-refractivity contribution in [2.45, 2.75) is 25.4 Å². The lowest BCUT2D eigenvalue weighted by Gasteiger charge is -2.32. The van der Waals surface area contributed by atoms with E-state index in [1.165, 1.54) is 0 Å². The van der Waals surface area contributed by atoms with E-state index in [0.717, 1.165) is 25.0 Å². The van der Waals surface area contributed by atoms with Gasteiger partial charge in [0.25, 0.3) is 11.8 Å². The van der Waals surface area contributed by atoms with Crippen LogP contribution in [0, 0.1) is 0 Å². The Morgan fingerprint density at radius 3 is 2.72 bits per heavy atom. The van der Waals surface area contributed by atoms with Gasteiger partial charge >= 0.3 is 0 Å². The van der Waals surface area contributed by atoms with E-state index < -0.39 is 0 Å². The summed E-state index contributed by atoms with van der Waals surface area (Å²) in [5.41, 5.74) is 1.17. The summed E-state index contributed by atoms with van der Waals surface area (Å²) in [7, 11) is 0. The van der Waals surface area contributed by atoms with Gasteiger partial charge in [-0.15, -0.1) is 0 Å². The van der Waals surface area contributed by atoms with Crippen molar-refractivity contribution in [3.8, 4) is 5.75 Å². The Morgan fingerprint density at radius 2 is 2.00 bits per heavy atom. The summed E-state index contributed by atoms with van der Waals surface area (Å²) in [6.07, 6.45) is 7.70. The average molecular weight is 414 g/mol. The molecule has 0 radical (unpaired) electrons. The largest absolute Gasteiger partial charge is 0.489 e. The van der Waals surface area contributed by atoms with Crippen LogP contribution in [-0.2, 0) is 0 Å². The van der Waals surface area contributed by atoms with Gasteiger partial charge in [-0.25, -0.2) is 0 Å². The molecule has 0 spiro atoms. The van der Waals surface area contributed by atoms with Crippen molar-refractivity contribution in [2.24, 2.45) is 0 Å². The zero-order chi connectivity index (χ0) is 20.5. The molecule has 0 unspecified atom stereocenters. The second kappa shape index (κ2) is 10.9. The summed E-state index contributed by atoms with van der Waals surface area (Å²) in [6.45, 7) is 1.91. The van der Waals surface area contributed by atoms with Crippen molar-refractivity contribution in [2.75, 3.05) is 31.6 Å². The summed E-state index contributed by atoms with van der Waals surface area (Å²) in [5, 5.41) is 2.96. The topological polar surface area (TPSA) is 71.5 Å². The van der Waals surface area contributed by atoms with Gasteiger partial charge in [-0.2, -0.15) is 11.8 Å². The Bertz CT molecular complexity index is 808. The highest BCUT2D eigenvalue weighted by atomic mass is 32.2. The first-order valence-electron chi connectivity index (χ1n) is 9.91. The molecule has 1 N–H and O–H groups in total. The molecule has 154 valence electrons. The maximum absolute atomic E-state index is 12.5. The van der Waals surface area contributed by atoms with Crippen LogP contribution in [0.2, 0.25) is 0 Å². The van der Waals surface area contributed by atoms with Gasteiger partial charge in [-0.3, -0.25) is 14.6 Å². The van der Waals surface area contributed by atoms with E-state index in [1.54, 1.807) is 42.4 Å². The Balaban J connectivity index is 1.54. The molecule has 0 atom stereocenters. The molecular weight excluding hydrogens is 386 g/mol. The average Bonchev–Trinajstić information content (AvgIpc) is 2.77. The number of hydrogen-bond donors (Lipinski definition) is 1. The van der Waals surface area contributed by atoms with Crippen LogP contribution in [0.4, 0.5) is 0 Å². The molecule has 0 saturated carbocycles. The minimum Gasteiger partial charge on any atom is -0.489 e. The van der Waals surface area contributed by atoms with Gasteiger partial charge < -0.3 is 15.0 Å². The first-order valence-corrected chi connectivity index (χ1v) is 11.3. The number of pyridine rings is 1. The third-order valence-electron chi connectivity index (χ3n) is 4.87. The van der Waals surface area contributed by atoms with E-state index in [9.17, 15) is 9.59 Å². The highest BCUT2D eigenvalue weighted by Crippen LogP contribution is 2.24. The third kappa shape index (κ3) is 5.97. The summed E-state index contributed by atoms with van der Waals surface area (Å²) in [4.78, 5) is 30.9. The SMILES string of the molecule is CSCCCNC(=O)c1ccccc1OC1CCN(C(=O)c2cccnc2)CC1. The number of hydrogen-bond acceptors (Lipinski definition) is 5. The second-order valence-electron chi connectivity index (χ2n) is 6.95. The number of nitrogens with one attached hydrogen (secondary N) is 1. The van der Waals surface area contributed by atoms with E-state index in [2.05, 4.69) is 16.6 Å². The fourth-order valence-electron chi connectivity index (χ4n) is 3.30. The molecule has 1 aromatic carbocycles. The number of benzene rings is 1. The highest BCUT2D eigenvalue weighted by molar-refractivity contribution is 7.98. The number of para-hydroxylation sites is 1. The van der Waals surface area contributed by atoms with Crippen molar-refractivity contribution in [1.29, 1.82) is 0 Å². The molecular formula is C22H27N3O3S. The van der Waals surface area contributed by atoms with Crippen LogP contribution in [0.5, 0.6) is 5.75 Å². The van der Waals surface area contributed by atoms with Crippen LogP contribution in [-0.4, -0.2) is 59.4 Å². The Labute approximate surface area is 176 Å². The van der Waals surface area contributed by atoms with E-state index in [1.807, 2.05) is 23.1 Å². The number of carbonyl (C=O) groups excluding carboxylic acids is 2. The normalized spacial score (nSPS) is 14.4. The van der Waals surface area contributed by atoms with Crippen LogP contribution in [0.3, 0.4) is 0 Å².